The van der Waals surface area contributed by atoms with Gasteiger partial charge in [0.1, 0.15) is 0 Å². The molecule has 11 nitrogen and oxygen atoms in total. The largest absolute Gasteiger partial charge is 0.350 e. The number of hydrogen-bond donors (Lipinski definition) is 2. The topological polar surface area (TPSA) is 122 Å². The molecular weight excluding hydrogens is 538 g/mol. The van der Waals surface area contributed by atoms with E-state index >= 15 is 0 Å². The Bertz CT molecular complexity index is 1570. The van der Waals surface area contributed by atoms with Crippen molar-refractivity contribution in [1.82, 2.24) is 25.2 Å². The SMILES string of the molecule is C=CC(=O)NCc1ccc2c(c1)c1c(n2Cc2ccc(C(=O)NOC3CCCCO3)cc2)CN2CC1C(=O)N(C)C2=O. The Kier molecular flexibility index (Phi) is 7.53. The van der Waals surface area contributed by atoms with E-state index in [2.05, 4.69) is 21.9 Å². The molecule has 42 heavy (non-hydrogen) atoms. The first-order valence-electron chi connectivity index (χ1n) is 14.1. The van der Waals surface area contributed by atoms with Gasteiger partial charge in [0.15, 0.2) is 6.29 Å². The quantitative estimate of drug-likeness (QED) is 0.317. The van der Waals surface area contributed by atoms with Crippen LogP contribution < -0.4 is 10.8 Å². The molecule has 2 unspecified atom stereocenters. The summed E-state index contributed by atoms with van der Waals surface area (Å²) >= 11 is 0. The van der Waals surface area contributed by atoms with Crippen LogP contribution in [0.1, 0.15) is 57.9 Å². The molecule has 0 aliphatic carbocycles. The molecule has 3 aliphatic heterocycles. The number of amides is 5. The van der Waals surface area contributed by atoms with E-state index in [4.69, 9.17) is 9.57 Å². The Morgan fingerprint density at radius 1 is 1.12 bits per heavy atom. The summed E-state index contributed by atoms with van der Waals surface area (Å²) in [7, 11) is 1.52. The van der Waals surface area contributed by atoms with Crippen LogP contribution in [0.5, 0.6) is 0 Å². The minimum Gasteiger partial charge on any atom is -0.350 e. The molecule has 0 spiro atoms. The van der Waals surface area contributed by atoms with Gasteiger partial charge in [-0.25, -0.2) is 15.1 Å². The number of fused-ring (bicyclic) bond motifs is 6. The number of nitrogens with zero attached hydrogens (tertiary/aromatic N) is 3. The fraction of sp³-hybridized carbons (Fsp3) is 0.355. The molecule has 2 saturated heterocycles. The van der Waals surface area contributed by atoms with Gasteiger partial charge in [-0.3, -0.25) is 19.3 Å². The maximum Gasteiger partial charge on any atom is 0.326 e. The number of hydrogen-bond acceptors (Lipinski definition) is 6. The van der Waals surface area contributed by atoms with Crippen molar-refractivity contribution in [3.8, 4) is 0 Å². The van der Waals surface area contributed by atoms with Crippen LogP contribution in [0.2, 0.25) is 0 Å². The maximum atomic E-state index is 13.3. The van der Waals surface area contributed by atoms with E-state index in [1.807, 2.05) is 30.3 Å². The number of hydroxylamine groups is 1. The van der Waals surface area contributed by atoms with Crippen LogP contribution in [0.3, 0.4) is 0 Å². The maximum absolute atomic E-state index is 13.3. The van der Waals surface area contributed by atoms with Gasteiger partial charge in [0.05, 0.1) is 12.5 Å². The van der Waals surface area contributed by atoms with Crippen LogP contribution in [0.4, 0.5) is 4.79 Å². The summed E-state index contributed by atoms with van der Waals surface area (Å²) < 4.78 is 7.63. The van der Waals surface area contributed by atoms with Crippen molar-refractivity contribution in [1.29, 1.82) is 0 Å². The molecule has 4 heterocycles. The molecule has 3 aromatic rings. The van der Waals surface area contributed by atoms with Gasteiger partial charge in [-0.1, -0.05) is 24.8 Å². The summed E-state index contributed by atoms with van der Waals surface area (Å²) in [5.41, 5.74) is 7.54. The molecule has 2 atom stereocenters. The average Bonchev–Trinajstić information content (AvgIpc) is 3.33. The average molecular weight is 572 g/mol. The summed E-state index contributed by atoms with van der Waals surface area (Å²) in [6.45, 7) is 5.64. The smallest absolute Gasteiger partial charge is 0.326 e. The Labute approximate surface area is 243 Å². The first-order valence-corrected chi connectivity index (χ1v) is 14.1. The third-order valence-corrected chi connectivity index (χ3v) is 8.19. The number of imide groups is 1. The van der Waals surface area contributed by atoms with Crippen LogP contribution in [-0.4, -0.2) is 64.6 Å². The molecule has 0 saturated carbocycles. The number of benzene rings is 2. The second kappa shape index (κ2) is 11.4. The van der Waals surface area contributed by atoms with Crippen molar-refractivity contribution >= 4 is 34.7 Å². The molecule has 1 aromatic heterocycles. The highest BCUT2D eigenvalue weighted by molar-refractivity contribution is 6.04. The zero-order chi connectivity index (χ0) is 29.4. The highest BCUT2D eigenvalue weighted by atomic mass is 16.8. The highest BCUT2D eigenvalue weighted by Crippen LogP contribution is 2.41. The monoisotopic (exact) mass is 571 g/mol. The predicted octanol–water partition coefficient (Wildman–Crippen LogP) is 3.17. The van der Waals surface area contributed by atoms with Crippen LogP contribution >= 0.6 is 0 Å². The van der Waals surface area contributed by atoms with Crippen molar-refractivity contribution in [2.24, 2.45) is 0 Å². The van der Waals surface area contributed by atoms with Crippen LogP contribution in [0, 0.1) is 0 Å². The van der Waals surface area contributed by atoms with Gasteiger partial charge in [0.25, 0.3) is 5.91 Å². The number of urea groups is 1. The molecule has 11 heteroatoms. The minimum atomic E-state index is -0.475. The molecule has 2 fully saturated rings. The van der Waals surface area contributed by atoms with Crippen molar-refractivity contribution < 1.29 is 28.8 Å². The zero-order valence-electron chi connectivity index (χ0n) is 23.4. The third-order valence-electron chi connectivity index (χ3n) is 8.19. The number of carbonyl (C=O) groups is 4. The molecule has 2 bridgehead atoms. The number of likely N-dealkylation sites (N-methyl/N-ethyl adjacent to an activating group) is 1. The van der Waals surface area contributed by atoms with Crippen molar-refractivity contribution in [2.45, 2.75) is 51.1 Å². The number of ether oxygens (including phenoxy) is 1. The third kappa shape index (κ3) is 5.17. The molecule has 218 valence electrons. The Morgan fingerprint density at radius 3 is 2.64 bits per heavy atom. The van der Waals surface area contributed by atoms with Crippen molar-refractivity contribution in [3.63, 3.8) is 0 Å². The van der Waals surface area contributed by atoms with Gasteiger partial charge in [-0.2, -0.15) is 0 Å². The number of aromatic nitrogens is 1. The summed E-state index contributed by atoms with van der Waals surface area (Å²) in [4.78, 5) is 58.8. The lowest BCUT2D eigenvalue weighted by Gasteiger charge is -2.41. The molecule has 6 rings (SSSR count). The van der Waals surface area contributed by atoms with Crippen molar-refractivity contribution in [2.75, 3.05) is 20.2 Å². The molecule has 5 amide bonds. The minimum absolute atomic E-state index is 0.224. The van der Waals surface area contributed by atoms with Crippen LogP contribution in [-0.2, 0) is 38.8 Å². The van der Waals surface area contributed by atoms with Crippen LogP contribution in [0.25, 0.3) is 10.9 Å². The zero-order valence-corrected chi connectivity index (χ0v) is 23.4. The number of carbonyl (C=O) groups excluding carboxylic acids is 4. The lowest BCUT2D eigenvalue weighted by Crippen LogP contribution is -2.56. The fourth-order valence-electron chi connectivity index (χ4n) is 5.96. The first-order chi connectivity index (χ1) is 20.3. The van der Waals surface area contributed by atoms with Crippen LogP contribution in [0.15, 0.2) is 55.1 Å². The second-order valence-electron chi connectivity index (χ2n) is 10.9. The van der Waals surface area contributed by atoms with Gasteiger partial charge >= 0.3 is 6.03 Å². The van der Waals surface area contributed by atoms with E-state index in [0.717, 1.165) is 52.5 Å². The van der Waals surface area contributed by atoms with Gasteiger partial charge in [0, 0.05) is 61.9 Å². The lowest BCUT2D eigenvalue weighted by atomic mass is 9.88. The Balaban J connectivity index is 1.29. The highest BCUT2D eigenvalue weighted by Gasteiger charge is 2.44. The van der Waals surface area contributed by atoms with Gasteiger partial charge in [-0.15, -0.1) is 0 Å². The first kappa shape index (κ1) is 27.7. The van der Waals surface area contributed by atoms with E-state index < -0.39 is 12.2 Å². The van der Waals surface area contributed by atoms with E-state index in [1.165, 1.54) is 18.0 Å². The summed E-state index contributed by atoms with van der Waals surface area (Å²) in [5.74, 6) is -1.31. The Morgan fingerprint density at radius 2 is 1.90 bits per heavy atom. The Hall–Kier alpha value is -4.48. The molecule has 0 radical (unpaired) electrons. The van der Waals surface area contributed by atoms with Crippen molar-refractivity contribution in [3.05, 3.63) is 83.1 Å². The van der Waals surface area contributed by atoms with E-state index in [-0.39, 0.29) is 23.8 Å². The number of rotatable bonds is 8. The standard InChI is InChI=1S/C31H33N5O6/c1-3-26(37)32-15-20-9-12-24-22(14-20)28-23-17-35(31(40)34(2)30(23)39)18-25(28)36(24)16-19-7-10-21(11-8-19)29(38)33-42-27-6-4-5-13-41-27/h3,7-12,14,23,27H,1,4-6,13,15-18H2,2H3,(H,32,37)(H,33,38). The van der Waals surface area contributed by atoms with E-state index in [0.29, 0.717) is 38.3 Å². The molecule has 3 aliphatic rings. The lowest BCUT2D eigenvalue weighted by molar-refractivity contribution is -0.186. The molecule has 2 N–H and O–H groups in total. The van der Waals surface area contributed by atoms with Gasteiger partial charge in [-0.05, 0) is 59.9 Å². The van der Waals surface area contributed by atoms with Gasteiger partial charge in [0.2, 0.25) is 11.8 Å². The fourth-order valence-corrected chi connectivity index (χ4v) is 5.96. The molecular formula is C31H33N5O6. The number of nitrogens with one attached hydrogen (secondary N) is 2. The normalized spacial score (nSPS) is 19.9. The summed E-state index contributed by atoms with van der Waals surface area (Å²) in [6.07, 6.45) is 3.53. The van der Waals surface area contributed by atoms with Gasteiger partial charge < -0.3 is 19.5 Å². The van der Waals surface area contributed by atoms with E-state index in [9.17, 15) is 19.2 Å². The van der Waals surface area contributed by atoms with E-state index in [1.54, 1.807) is 17.0 Å². The summed E-state index contributed by atoms with van der Waals surface area (Å²) in [6, 6.07) is 12.9. The summed E-state index contributed by atoms with van der Waals surface area (Å²) in [5, 5.41) is 3.73. The molecule has 2 aromatic carbocycles. The predicted molar refractivity (Wildman–Crippen MR) is 153 cm³/mol. The second-order valence-corrected chi connectivity index (χ2v) is 10.9.